The van der Waals surface area contributed by atoms with Gasteiger partial charge in [-0.15, -0.1) is 0 Å². The number of hydrogen-bond donors (Lipinski definition) is 0. The van der Waals surface area contributed by atoms with Gasteiger partial charge in [-0.25, -0.2) is 8.42 Å². The Labute approximate surface area is 66.0 Å². The third-order valence-electron chi connectivity index (χ3n) is 2.44. The summed E-state index contributed by atoms with van der Waals surface area (Å²) in [6, 6.07) is 0. The van der Waals surface area contributed by atoms with Gasteiger partial charge >= 0.3 is 0 Å². The van der Waals surface area contributed by atoms with E-state index in [9.17, 15) is 8.42 Å². The van der Waals surface area contributed by atoms with Gasteiger partial charge in [0.1, 0.15) is 0 Å². The second-order valence-electron chi connectivity index (χ2n) is 3.27. The maximum absolute atomic E-state index is 10.8. The van der Waals surface area contributed by atoms with Gasteiger partial charge in [0.15, 0.2) is 0 Å². The molecule has 0 heterocycles. The summed E-state index contributed by atoms with van der Waals surface area (Å²) in [6.07, 6.45) is 1.97. The van der Waals surface area contributed by atoms with Crippen LogP contribution < -0.4 is 0 Å². The Balaban J connectivity index is 2.76. The average molecular weight is 183 g/mol. The minimum absolute atomic E-state index is 0.0272. The van der Waals surface area contributed by atoms with Gasteiger partial charge in [0.25, 0.3) is 0 Å². The van der Waals surface area contributed by atoms with Gasteiger partial charge < -0.3 is 0 Å². The maximum atomic E-state index is 10.8. The van der Waals surface area contributed by atoms with E-state index < -0.39 is 9.05 Å². The van der Waals surface area contributed by atoms with Gasteiger partial charge in [-0.2, -0.15) is 0 Å². The zero-order valence-electron chi connectivity index (χ0n) is 6.09. The molecule has 1 atom stereocenters. The number of halogens is 1. The van der Waals surface area contributed by atoms with Gasteiger partial charge in [0.05, 0.1) is 5.25 Å². The molecular formula is C6H11ClO2S. The summed E-state index contributed by atoms with van der Waals surface area (Å²) < 4.78 is 21.6. The molecule has 1 fully saturated rings. The Hall–Kier alpha value is 0.240. The van der Waals surface area contributed by atoms with Gasteiger partial charge in [0, 0.05) is 10.7 Å². The van der Waals surface area contributed by atoms with E-state index in [0.29, 0.717) is 0 Å². The Kier molecular flexibility index (Phi) is 1.76. The van der Waals surface area contributed by atoms with Crippen molar-refractivity contribution >= 4 is 19.7 Å². The lowest BCUT2D eigenvalue weighted by Gasteiger charge is -2.13. The van der Waals surface area contributed by atoms with Crippen LogP contribution in [0.1, 0.15) is 26.7 Å². The summed E-state index contributed by atoms with van der Waals surface area (Å²) >= 11 is 0. The van der Waals surface area contributed by atoms with Crippen molar-refractivity contribution in [1.82, 2.24) is 0 Å². The van der Waals surface area contributed by atoms with Gasteiger partial charge in [-0.1, -0.05) is 6.92 Å². The fourth-order valence-corrected chi connectivity index (χ4v) is 2.50. The van der Waals surface area contributed by atoms with Crippen molar-refractivity contribution in [2.75, 3.05) is 0 Å². The fraction of sp³-hybridized carbons (Fsp3) is 1.00. The molecule has 10 heavy (non-hydrogen) atoms. The van der Waals surface area contributed by atoms with Crippen LogP contribution in [0.15, 0.2) is 0 Å². The van der Waals surface area contributed by atoms with Crippen LogP contribution in [-0.4, -0.2) is 13.7 Å². The number of hydrogen-bond acceptors (Lipinski definition) is 2. The highest BCUT2D eigenvalue weighted by Gasteiger charge is 2.47. The summed E-state index contributed by atoms with van der Waals surface area (Å²) in [5.74, 6) is 0. The molecule has 0 aromatic rings. The summed E-state index contributed by atoms with van der Waals surface area (Å²) in [5, 5.41) is -0.387. The van der Waals surface area contributed by atoms with Gasteiger partial charge in [-0.05, 0) is 25.2 Å². The molecule has 1 aliphatic rings. The van der Waals surface area contributed by atoms with E-state index in [0.717, 1.165) is 12.8 Å². The van der Waals surface area contributed by atoms with Crippen molar-refractivity contribution in [3.05, 3.63) is 0 Å². The van der Waals surface area contributed by atoms with Crippen molar-refractivity contribution in [2.45, 2.75) is 31.9 Å². The van der Waals surface area contributed by atoms with E-state index in [2.05, 4.69) is 0 Å². The molecule has 2 nitrogen and oxygen atoms in total. The minimum Gasteiger partial charge on any atom is -0.212 e. The molecule has 0 bridgehead atoms. The van der Waals surface area contributed by atoms with Crippen molar-refractivity contribution < 1.29 is 8.42 Å². The highest BCUT2D eigenvalue weighted by atomic mass is 35.7. The van der Waals surface area contributed by atoms with Crippen LogP contribution in [0.25, 0.3) is 0 Å². The molecule has 0 saturated heterocycles. The minimum atomic E-state index is -3.33. The van der Waals surface area contributed by atoms with E-state index in [-0.39, 0.29) is 10.7 Å². The van der Waals surface area contributed by atoms with E-state index in [1.54, 1.807) is 6.92 Å². The van der Waals surface area contributed by atoms with E-state index >= 15 is 0 Å². The first-order valence-electron chi connectivity index (χ1n) is 3.30. The largest absolute Gasteiger partial charge is 0.235 e. The standard InChI is InChI=1S/C6H11ClO2S/c1-5(10(7,8)9)6(2)3-4-6/h5H,3-4H2,1-2H3. The lowest BCUT2D eigenvalue weighted by atomic mass is 10.1. The summed E-state index contributed by atoms with van der Waals surface area (Å²) in [4.78, 5) is 0. The van der Waals surface area contributed by atoms with Crippen molar-refractivity contribution in [3.63, 3.8) is 0 Å². The molecule has 1 rings (SSSR count). The first-order chi connectivity index (χ1) is 4.36. The fourth-order valence-electron chi connectivity index (χ4n) is 0.944. The van der Waals surface area contributed by atoms with Crippen LogP contribution >= 0.6 is 10.7 Å². The lowest BCUT2D eigenvalue weighted by Crippen LogP contribution is -2.21. The van der Waals surface area contributed by atoms with E-state index in [4.69, 9.17) is 10.7 Å². The smallest absolute Gasteiger partial charge is 0.212 e. The second-order valence-corrected chi connectivity index (χ2v) is 6.22. The third kappa shape index (κ3) is 1.45. The van der Waals surface area contributed by atoms with Crippen LogP contribution in [0.2, 0.25) is 0 Å². The first kappa shape index (κ1) is 8.34. The number of rotatable bonds is 2. The van der Waals surface area contributed by atoms with Crippen molar-refractivity contribution in [3.8, 4) is 0 Å². The summed E-state index contributed by atoms with van der Waals surface area (Å²) in [7, 11) is 1.85. The SMILES string of the molecule is CC(C1(C)CC1)S(=O)(=O)Cl. The van der Waals surface area contributed by atoms with Gasteiger partial charge in [0.2, 0.25) is 9.05 Å². The lowest BCUT2D eigenvalue weighted by molar-refractivity contribution is 0.520. The van der Waals surface area contributed by atoms with Crippen LogP contribution in [0.3, 0.4) is 0 Å². The molecule has 0 spiro atoms. The molecule has 0 N–H and O–H groups in total. The zero-order valence-corrected chi connectivity index (χ0v) is 7.67. The Morgan fingerprint density at radius 2 is 1.90 bits per heavy atom. The normalized spacial score (nSPS) is 25.9. The Morgan fingerprint density at radius 1 is 1.50 bits per heavy atom. The van der Waals surface area contributed by atoms with Gasteiger partial charge in [-0.3, -0.25) is 0 Å². The predicted octanol–water partition coefficient (Wildman–Crippen LogP) is 1.74. The van der Waals surface area contributed by atoms with Crippen LogP contribution in [0, 0.1) is 5.41 Å². The summed E-state index contributed by atoms with van der Waals surface area (Å²) in [5.41, 5.74) is -0.0272. The molecular weight excluding hydrogens is 172 g/mol. The molecule has 1 aliphatic carbocycles. The molecule has 1 unspecified atom stereocenters. The molecule has 0 amide bonds. The van der Waals surface area contributed by atoms with Crippen molar-refractivity contribution in [1.29, 1.82) is 0 Å². The Bertz CT molecular complexity index is 228. The topological polar surface area (TPSA) is 34.1 Å². The molecule has 1 saturated carbocycles. The highest BCUT2D eigenvalue weighted by molar-refractivity contribution is 8.14. The summed E-state index contributed by atoms with van der Waals surface area (Å²) in [6.45, 7) is 3.63. The predicted molar refractivity (Wildman–Crippen MR) is 41.6 cm³/mol. The van der Waals surface area contributed by atoms with Crippen molar-refractivity contribution in [2.24, 2.45) is 5.41 Å². The molecule has 0 radical (unpaired) electrons. The third-order valence-corrected chi connectivity index (χ3v) is 4.66. The second kappa shape index (κ2) is 2.11. The highest BCUT2D eigenvalue weighted by Crippen LogP contribution is 2.50. The van der Waals surface area contributed by atoms with Crippen LogP contribution in [0.5, 0.6) is 0 Å². The van der Waals surface area contributed by atoms with Crippen LogP contribution in [0.4, 0.5) is 0 Å². The quantitative estimate of drug-likeness (QED) is 0.610. The maximum Gasteiger partial charge on any atom is 0.235 e. The average Bonchev–Trinajstić information content (AvgIpc) is 2.45. The van der Waals surface area contributed by atoms with E-state index in [1.165, 1.54) is 0 Å². The zero-order chi connectivity index (χ0) is 7.99. The molecule has 4 heteroatoms. The molecule has 0 aromatic carbocycles. The molecule has 60 valence electrons. The van der Waals surface area contributed by atoms with E-state index in [1.807, 2.05) is 6.92 Å². The van der Waals surface area contributed by atoms with Crippen LogP contribution in [-0.2, 0) is 9.05 Å². The monoisotopic (exact) mass is 182 g/mol. The molecule has 0 aromatic heterocycles. The molecule has 0 aliphatic heterocycles. The first-order valence-corrected chi connectivity index (χ1v) is 5.67. The Morgan fingerprint density at radius 3 is 2.00 bits per heavy atom.